The van der Waals surface area contributed by atoms with E-state index < -0.39 is 0 Å². The smallest absolute Gasteiger partial charge is 0.159 e. The minimum Gasteiger partial charge on any atom is -0.454 e. The van der Waals surface area contributed by atoms with Crippen LogP contribution in [0.4, 0.5) is 17.1 Å². The fraction of sp³-hybridized carbons (Fsp3) is 0.0455. The summed E-state index contributed by atoms with van der Waals surface area (Å²) in [5.74, 6) is 0. The highest BCUT2D eigenvalue weighted by Gasteiger charge is 2.40. The van der Waals surface area contributed by atoms with Crippen LogP contribution in [0.2, 0.25) is 0 Å². The minimum absolute atomic E-state index is 0.278. The normalized spacial score (nSPS) is 13.1. The standard InChI is InChI=1S/C44H31NO/c1-44(39-20-10-8-17-35(39)36-18-9-11-21-40(36)44)32-25-28-37-38-19-12-22-41(43(38)46-42(37)29-32)45(33-15-6-3-7-16-33)34-26-23-31(24-27-34)30-13-4-2-5-14-30/h2-29H,1H3. The quantitative estimate of drug-likeness (QED) is 0.199. The van der Waals surface area contributed by atoms with Crippen molar-refractivity contribution in [3.8, 4) is 22.3 Å². The van der Waals surface area contributed by atoms with Crippen LogP contribution >= 0.6 is 0 Å². The SMILES string of the molecule is CC1(c2ccc3c(c2)oc2c(N(c4ccccc4)c4ccc(-c5ccccc5)cc4)cccc23)c2ccccc2-c2ccccc21. The Bertz CT molecular complexity index is 2320. The highest BCUT2D eigenvalue weighted by molar-refractivity contribution is 6.10. The van der Waals surface area contributed by atoms with Crippen molar-refractivity contribution in [1.29, 1.82) is 0 Å². The van der Waals surface area contributed by atoms with Gasteiger partial charge in [-0.05, 0) is 82.3 Å². The maximum absolute atomic E-state index is 6.88. The molecule has 7 aromatic carbocycles. The van der Waals surface area contributed by atoms with Gasteiger partial charge in [0.1, 0.15) is 5.58 Å². The summed E-state index contributed by atoms with van der Waals surface area (Å²) in [4.78, 5) is 2.30. The summed E-state index contributed by atoms with van der Waals surface area (Å²) in [6.45, 7) is 2.35. The molecule has 0 saturated heterocycles. The van der Waals surface area contributed by atoms with E-state index in [1.165, 1.54) is 38.9 Å². The lowest BCUT2D eigenvalue weighted by Gasteiger charge is -2.28. The number of hydrogen-bond donors (Lipinski definition) is 0. The number of nitrogens with zero attached hydrogens (tertiary/aromatic N) is 1. The highest BCUT2D eigenvalue weighted by Crippen LogP contribution is 2.53. The molecule has 0 radical (unpaired) electrons. The predicted molar refractivity (Wildman–Crippen MR) is 191 cm³/mol. The highest BCUT2D eigenvalue weighted by atomic mass is 16.3. The Morgan fingerprint density at radius 3 is 1.76 bits per heavy atom. The molecule has 1 aliphatic rings. The maximum Gasteiger partial charge on any atom is 0.159 e. The third kappa shape index (κ3) is 3.97. The Kier molecular flexibility index (Phi) is 5.97. The van der Waals surface area contributed by atoms with E-state index in [1.807, 2.05) is 0 Å². The molecule has 8 aromatic rings. The molecule has 0 unspecified atom stereocenters. The second kappa shape index (κ2) is 10.4. The second-order valence-corrected chi connectivity index (χ2v) is 12.3. The van der Waals surface area contributed by atoms with Crippen molar-refractivity contribution >= 4 is 39.0 Å². The maximum atomic E-state index is 6.88. The summed E-state index contributed by atoms with van der Waals surface area (Å²) in [5.41, 5.74) is 13.6. The van der Waals surface area contributed by atoms with Crippen molar-refractivity contribution in [2.45, 2.75) is 12.3 Å². The molecule has 9 rings (SSSR count). The van der Waals surface area contributed by atoms with Crippen molar-refractivity contribution in [2.75, 3.05) is 4.90 Å². The van der Waals surface area contributed by atoms with E-state index in [2.05, 4.69) is 182 Å². The molecule has 1 heterocycles. The first-order valence-corrected chi connectivity index (χ1v) is 15.9. The fourth-order valence-electron chi connectivity index (χ4n) is 7.47. The Morgan fingerprint density at radius 1 is 0.478 bits per heavy atom. The van der Waals surface area contributed by atoms with Crippen LogP contribution in [-0.4, -0.2) is 0 Å². The Balaban J connectivity index is 1.21. The molecule has 0 atom stereocenters. The van der Waals surface area contributed by atoms with Gasteiger partial charge in [-0.15, -0.1) is 0 Å². The predicted octanol–water partition coefficient (Wildman–Crippen LogP) is 12.1. The average Bonchev–Trinajstić information content (AvgIpc) is 3.63. The number of rotatable bonds is 5. The third-order valence-electron chi connectivity index (χ3n) is 9.76. The van der Waals surface area contributed by atoms with E-state index in [9.17, 15) is 0 Å². The number of fused-ring (bicyclic) bond motifs is 6. The van der Waals surface area contributed by atoms with Gasteiger partial charge in [0.15, 0.2) is 5.58 Å². The number of furan rings is 1. The van der Waals surface area contributed by atoms with Gasteiger partial charge in [0, 0.05) is 27.6 Å². The van der Waals surface area contributed by atoms with E-state index in [4.69, 9.17) is 4.42 Å². The molecule has 0 spiro atoms. The lowest BCUT2D eigenvalue weighted by molar-refractivity contribution is 0.662. The number of benzene rings is 7. The number of anilines is 3. The molecular formula is C44H31NO. The molecule has 1 aromatic heterocycles. The van der Waals surface area contributed by atoms with Crippen molar-refractivity contribution in [1.82, 2.24) is 0 Å². The Labute approximate surface area is 268 Å². The van der Waals surface area contributed by atoms with E-state index in [-0.39, 0.29) is 5.41 Å². The zero-order valence-corrected chi connectivity index (χ0v) is 25.5. The van der Waals surface area contributed by atoms with Crippen LogP contribution in [0.1, 0.15) is 23.6 Å². The Morgan fingerprint density at radius 2 is 1.07 bits per heavy atom. The molecular weight excluding hydrogens is 558 g/mol. The molecule has 46 heavy (non-hydrogen) atoms. The summed E-state index contributed by atoms with van der Waals surface area (Å²) in [7, 11) is 0. The first-order valence-electron chi connectivity index (χ1n) is 15.9. The summed E-state index contributed by atoms with van der Waals surface area (Å²) in [5, 5.41) is 2.23. The van der Waals surface area contributed by atoms with Gasteiger partial charge in [-0.1, -0.05) is 133 Å². The Hall–Kier alpha value is -5.86. The lowest BCUT2D eigenvalue weighted by Crippen LogP contribution is -2.22. The summed E-state index contributed by atoms with van der Waals surface area (Å²) in [6.07, 6.45) is 0. The van der Waals surface area contributed by atoms with Crippen molar-refractivity contribution in [2.24, 2.45) is 0 Å². The van der Waals surface area contributed by atoms with Crippen LogP contribution in [-0.2, 0) is 5.41 Å². The van der Waals surface area contributed by atoms with Gasteiger partial charge >= 0.3 is 0 Å². The van der Waals surface area contributed by atoms with Crippen LogP contribution in [0.5, 0.6) is 0 Å². The van der Waals surface area contributed by atoms with Gasteiger partial charge in [-0.3, -0.25) is 0 Å². The van der Waals surface area contributed by atoms with Gasteiger partial charge < -0.3 is 9.32 Å². The molecule has 0 fully saturated rings. The minimum atomic E-state index is -0.278. The van der Waals surface area contributed by atoms with Crippen LogP contribution in [0.15, 0.2) is 174 Å². The molecule has 2 nitrogen and oxygen atoms in total. The molecule has 1 aliphatic carbocycles. The zero-order valence-electron chi connectivity index (χ0n) is 25.5. The van der Waals surface area contributed by atoms with Gasteiger partial charge in [0.25, 0.3) is 0 Å². The van der Waals surface area contributed by atoms with Crippen molar-refractivity contribution in [3.05, 3.63) is 187 Å². The molecule has 0 aliphatic heterocycles. The van der Waals surface area contributed by atoms with Crippen molar-refractivity contribution < 1.29 is 4.42 Å². The zero-order chi connectivity index (χ0) is 30.7. The van der Waals surface area contributed by atoms with Crippen LogP contribution in [0.3, 0.4) is 0 Å². The molecule has 218 valence electrons. The largest absolute Gasteiger partial charge is 0.454 e. The van der Waals surface area contributed by atoms with E-state index in [0.717, 1.165) is 39.0 Å². The summed E-state index contributed by atoms with van der Waals surface area (Å²) >= 11 is 0. The fourth-order valence-corrected chi connectivity index (χ4v) is 7.47. The van der Waals surface area contributed by atoms with Gasteiger partial charge in [-0.2, -0.15) is 0 Å². The number of hydrogen-bond acceptors (Lipinski definition) is 2. The first-order chi connectivity index (χ1) is 22.7. The monoisotopic (exact) mass is 589 g/mol. The van der Waals surface area contributed by atoms with Gasteiger partial charge in [-0.25, -0.2) is 0 Å². The van der Waals surface area contributed by atoms with Crippen molar-refractivity contribution in [3.63, 3.8) is 0 Å². The molecule has 2 heteroatoms. The van der Waals surface area contributed by atoms with E-state index >= 15 is 0 Å². The molecule has 0 saturated carbocycles. The van der Waals surface area contributed by atoms with Crippen LogP contribution in [0, 0.1) is 0 Å². The lowest BCUT2D eigenvalue weighted by atomic mass is 9.74. The van der Waals surface area contributed by atoms with Crippen LogP contribution < -0.4 is 4.90 Å². The second-order valence-electron chi connectivity index (χ2n) is 12.3. The van der Waals surface area contributed by atoms with E-state index in [1.54, 1.807) is 0 Å². The summed E-state index contributed by atoms with van der Waals surface area (Å²) in [6, 6.07) is 60.7. The first kappa shape index (κ1) is 26.5. The van der Waals surface area contributed by atoms with Crippen LogP contribution in [0.25, 0.3) is 44.2 Å². The molecule has 0 bridgehead atoms. The third-order valence-corrected chi connectivity index (χ3v) is 9.76. The summed E-state index contributed by atoms with van der Waals surface area (Å²) < 4.78 is 6.88. The molecule has 0 N–H and O–H groups in total. The van der Waals surface area contributed by atoms with Gasteiger partial charge in [0.05, 0.1) is 5.69 Å². The number of para-hydroxylation sites is 2. The van der Waals surface area contributed by atoms with Gasteiger partial charge in [0.2, 0.25) is 0 Å². The average molecular weight is 590 g/mol. The molecule has 0 amide bonds. The van der Waals surface area contributed by atoms with E-state index in [0.29, 0.717) is 0 Å². The topological polar surface area (TPSA) is 16.4 Å².